The maximum Gasteiger partial charge on any atom is 0.330 e. The molecule has 0 bridgehead atoms. The Balaban J connectivity index is 2.20. The number of hydrogen-bond acceptors (Lipinski definition) is 5. The number of aliphatic carboxylic acids is 1. The number of rotatable bonds is 6. The van der Waals surface area contributed by atoms with Gasteiger partial charge in [-0.15, -0.1) is 11.3 Å². The Morgan fingerprint density at radius 1 is 1.52 bits per heavy atom. The molecule has 0 saturated heterocycles. The number of ether oxygens (including phenoxy) is 1. The largest absolute Gasteiger partial charge is 0.479 e. The van der Waals surface area contributed by atoms with Gasteiger partial charge >= 0.3 is 5.97 Å². The van der Waals surface area contributed by atoms with E-state index in [0.29, 0.717) is 11.5 Å². The molecular weight excluding hydrogens is 316 g/mol. The van der Waals surface area contributed by atoms with Crippen molar-refractivity contribution in [2.24, 2.45) is 5.41 Å². The van der Waals surface area contributed by atoms with Crippen molar-refractivity contribution in [3.63, 3.8) is 0 Å². The fourth-order valence-corrected chi connectivity index (χ4v) is 3.77. The minimum atomic E-state index is -1.31. The molecule has 6 nitrogen and oxygen atoms in total. The summed E-state index contributed by atoms with van der Waals surface area (Å²) in [5.74, 6) is -1.18. The first-order valence-electron chi connectivity index (χ1n) is 7.79. The van der Waals surface area contributed by atoms with Gasteiger partial charge in [0.2, 0.25) is 0 Å². The van der Waals surface area contributed by atoms with Gasteiger partial charge in [-0.2, -0.15) is 0 Å². The van der Waals surface area contributed by atoms with Crippen LogP contribution in [-0.4, -0.2) is 40.2 Å². The molecule has 1 aliphatic rings. The van der Waals surface area contributed by atoms with E-state index in [4.69, 9.17) is 4.74 Å². The zero-order valence-corrected chi connectivity index (χ0v) is 15.0. The fraction of sp³-hybridized carbons (Fsp3) is 0.688. The molecule has 1 aliphatic carbocycles. The van der Waals surface area contributed by atoms with Gasteiger partial charge in [-0.05, 0) is 6.92 Å². The predicted molar refractivity (Wildman–Crippen MR) is 87.8 cm³/mol. The number of hydrogen-bond donors (Lipinski definition) is 2. The number of carbonyl (C=O) groups excluding carboxylic acids is 1. The minimum absolute atomic E-state index is 0.184. The molecule has 2 N–H and O–H groups in total. The van der Waals surface area contributed by atoms with Gasteiger partial charge in [0.25, 0.3) is 5.91 Å². The van der Waals surface area contributed by atoms with Crippen molar-refractivity contribution in [1.82, 2.24) is 10.3 Å². The van der Waals surface area contributed by atoms with Crippen molar-refractivity contribution in [3.05, 3.63) is 16.1 Å². The molecule has 1 fully saturated rings. The first-order chi connectivity index (χ1) is 10.7. The lowest BCUT2D eigenvalue weighted by Gasteiger charge is -2.58. The van der Waals surface area contributed by atoms with Gasteiger partial charge in [0.15, 0.2) is 0 Å². The smallest absolute Gasteiger partial charge is 0.330 e. The summed E-state index contributed by atoms with van der Waals surface area (Å²) in [5, 5.41) is 13.3. The summed E-state index contributed by atoms with van der Waals surface area (Å²) in [5.41, 5.74) is -2.00. The van der Waals surface area contributed by atoms with Gasteiger partial charge in [-0.3, -0.25) is 4.79 Å². The Kier molecular flexibility index (Phi) is 4.82. The van der Waals surface area contributed by atoms with Gasteiger partial charge in [0.05, 0.1) is 17.3 Å². The lowest BCUT2D eigenvalue weighted by atomic mass is 9.54. The van der Waals surface area contributed by atoms with Gasteiger partial charge < -0.3 is 15.2 Å². The molecule has 1 aromatic heterocycles. The number of aromatic nitrogens is 1. The first kappa shape index (κ1) is 17.9. The molecular formula is C16H24N2O4S. The summed E-state index contributed by atoms with van der Waals surface area (Å²) >= 11 is 1.30. The Hall–Kier alpha value is -1.47. The highest BCUT2D eigenvalue weighted by Gasteiger charge is 2.66. The van der Waals surface area contributed by atoms with Crippen molar-refractivity contribution < 1.29 is 19.4 Å². The normalized spacial score (nSPS) is 25.9. The number of carboxylic acids is 1. The van der Waals surface area contributed by atoms with Crippen LogP contribution in [0.15, 0.2) is 6.20 Å². The van der Waals surface area contributed by atoms with E-state index in [9.17, 15) is 14.7 Å². The van der Waals surface area contributed by atoms with Crippen LogP contribution in [0.25, 0.3) is 0 Å². The molecule has 0 aromatic carbocycles. The molecule has 1 aromatic rings. The molecule has 7 heteroatoms. The molecule has 1 heterocycles. The quantitative estimate of drug-likeness (QED) is 0.831. The zero-order chi connectivity index (χ0) is 17.4. The van der Waals surface area contributed by atoms with Gasteiger partial charge in [0.1, 0.15) is 10.4 Å². The summed E-state index contributed by atoms with van der Waals surface area (Å²) in [6.45, 7) is 10.0. The van der Waals surface area contributed by atoms with Crippen LogP contribution >= 0.6 is 11.3 Å². The van der Waals surface area contributed by atoms with E-state index in [0.717, 1.165) is 5.01 Å². The van der Waals surface area contributed by atoms with Crippen LogP contribution in [-0.2, 0) is 9.53 Å². The molecule has 2 rings (SSSR count). The van der Waals surface area contributed by atoms with Crippen LogP contribution in [0.5, 0.6) is 0 Å². The van der Waals surface area contributed by atoms with E-state index >= 15 is 0 Å². The summed E-state index contributed by atoms with van der Waals surface area (Å²) in [6, 6.07) is 0. The highest BCUT2D eigenvalue weighted by molar-refractivity contribution is 7.13. The highest BCUT2D eigenvalue weighted by Crippen LogP contribution is 2.51. The van der Waals surface area contributed by atoms with Crippen molar-refractivity contribution in [1.29, 1.82) is 0 Å². The number of amides is 1. The second kappa shape index (κ2) is 6.20. The summed E-state index contributed by atoms with van der Waals surface area (Å²) in [6.07, 6.45) is 1.60. The third-order valence-corrected chi connectivity index (χ3v) is 5.99. The number of thiazole rings is 1. The average molecular weight is 340 g/mol. The van der Waals surface area contributed by atoms with Crippen LogP contribution < -0.4 is 5.32 Å². The second-order valence-corrected chi connectivity index (χ2v) is 7.81. The van der Waals surface area contributed by atoms with Crippen LogP contribution in [0.1, 0.15) is 61.6 Å². The van der Waals surface area contributed by atoms with E-state index in [1.807, 2.05) is 34.6 Å². The van der Waals surface area contributed by atoms with Crippen LogP contribution in [0.2, 0.25) is 0 Å². The lowest BCUT2D eigenvalue weighted by molar-refractivity contribution is -0.190. The summed E-state index contributed by atoms with van der Waals surface area (Å²) < 4.78 is 5.60. The molecule has 0 radical (unpaired) electrons. The molecule has 0 unspecified atom stereocenters. The van der Waals surface area contributed by atoms with Crippen molar-refractivity contribution in [2.45, 2.75) is 58.6 Å². The predicted octanol–water partition coefficient (Wildman–Crippen LogP) is 2.65. The Bertz CT molecular complexity index is 611. The van der Waals surface area contributed by atoms with Crippen molar-refractivity contribution >= 4 is 23.2 Å². The molecule has 1 saturated carbocycles. The molecule has 0 spiro atoms. The van der Waals surface area contributed by atoms with E-state index in [1.165, 1.54) is 17.5 Å². The fourth-order valence-electron chi connectivity index (χ4n) is 2.95. The zero-order valence-electron chi connectivity index (χ0n) is 14.2. The first-order valence-corrected chi connectivity index (χ1v) is 8.60. The van der Waals surface area contributed by atoms with Crippen LogP contribution in [0.4, 0.5) is 0 Å². The second-order valence-electron chi connectivity index (χ2n) is 6.75. The van der Waals surface area contributed by atoms with E-state index in [-0.39, 0.29) is 24.3 Å². The van der Waals surface area contributed by atoms with E-state index in [1.54, 1.807) is 0 Å². The molecule has 1 amide bonds. The molecule has 128 valence electrons. The monoisotopic (exact) mass is 340 g/mol. The SMILES string of the molecule is CCO[C@H]1C[C@@](NC(=O)c2cnc(C(C)C)s2)(C(=O)O)C1(C)C. The molecule has 0 aliphatic heterocycles. The van der Waals surface area contributed by atoms with Gasteiger partial charge in [-0.25, -0.2) is 9.78 Å². The number of carboxylic acid groups (broad SMARTS) is 1. The molecule has 2 atom stereocenters. The third-order valence-electron chi connectivity index (χ3n) is 4.70. The van der Waals surface area contributed by atoms with Crippen LogP contribution in [0, 0.1) is 5.41 Å². The maximum absolute atomic E-state index is 12.5. The minimum Gasteiger partial charge on any atom is -0.479 e. The maximum atomic E-state index is 12.5. The number of nitrogens with zero attached hydrogens (tertiary/aromatic N) is 1. The standard InChI is InChI=1S/C16H24N2O4S/c1-6-22-11-7-16(14(20)21,15(11,4)5)18-12(19)10-8-17-13(23-10)9(2)3/h8-9,11H,6-7H2,1-5H3,(H,18,19)(H,20,21)/t11-,16+/m0/s1. The summed E-state index contributed by atoms with van der Waals surface area (Å²) in [4.78, 5) is 29.0. The Morgan fingerprint density at radius 2 is 2.17 bits per heavy atom. The van der Waals surface area contributed by atoms with E-state index < -0.39 is 16.9 Å². The summed E-state index contributed by atoms with van der Waals surface area (Å²) in [7, 11) is 0. The molecule has 23 heavy (non-hydrogen) atoms. The third kappa shape index (κ3) is 2.87. The van der Waals surface area contributed by atoms with Gasteiger partial charge in [0, 0.05) is 24.4 Å². The lowest BCUT2D eigenvalue weighted by Crippen LogP contribution is -2.76. The van der Waals surface area contributed by atoms with Crippen molar-refractivity contribution in [3.8, 4) is 0 Å². The van der Waals surface area contributed by atoms with Crippen LogP contribution in [0.3, 0.4) is 0 Å². The van der Waals surface area contributed by atoms with Crippen molar-refractivity contribution in [2.75, 3.05) is 6.61 Å². The Labute approximate surface area is 140 Å². The Morgan fingerprint density at radius 3 is 2.61 bits per heavy atom. The number of carbonyl (C=O) groups is 2. The van der Waals surface area contributed by atoms with E-state index in [2.05, 4.69) is 10.3 Å². The number of nitrogens with one attached hydrogen (secondary N) is 1. The average Bonchev–Trinajstić information content (AvgIpc) is 2.95. The topological polar surface area (TPSA) is 88.5 Å². The highest BCUT2D eigenvalue weighted by atomic mass is 32.1. The van der Waals surface area contributed by atoms with Gasteiger partial charge in [-0.1, -0.05) is 27.7 Å².